The molecule has 2 atom stereocenters. The van der Waals surface area contributed by atoms with E-state index in [2.05, 4.69) is 31.3 Å². The number of carbonyl (C=O) groups excluding carboxylic acids is 2. The number of carboxylic acids is 1. The van der Waals surface area contributed by atoms with Gasteiger partial charge in [-0.3, -0.25) is 14.4 Å². The minimum atomic E-state index is -0.995. The first-order valence-corrected chi connectivity index (χ1v) is 13.1. The molecule has 1 aliphatic heterocycles. The Bertz CT molecular complexity index is 1280. The second kappa shape index (κ2) is 10.7. The highest BCUT2D eigenvalue weighted by atomic mass is 32.1. The molecule has 2 amide bonds. The van der Waals surface area contributed by atoms with E-state index in [0.717, 1.165) is 32.7 Å². The Morgan fingerprint density at radius 1 is 1.08 bits per heavy atom. The van der Waals surface area contributed by atoms with Crippen molar-refractivity contribution in [2.45, 2.75) is 59.2 Å². The van der Waals surface area contributed by atoms with Gasteiger partial charge in [0.2, 0.25) is 5.91 Å². The summed E-state index contributed by atoms with van der Waals surface area (Å²) < 4.78 is 0. The zero-order valence-electron chi connectivity index (χ0n) is 21.1. The molecule has 2 heterocycles. The number of amides is 2. The highest BCUT2D eigenvalue weighted by Crippen LogP contribution is 2.35. The normalized spacial score (nSPS) is 14.6. The van der Waals surface area contributed by atoms with E-state index >= 15 is 0 Å². The van der Waals surface area contributed by atoms with Gasteiger partial charge in [0.15, 0.2) is 0 Å². The van der Waals surface area contributed by atoms with Crippen LogP contribution in [-0.2, 0) is 16.1 Å². The van der Waals surface area contributed by atoms with Gasteiger partial charge in [0.05, 0.1) is 12.5 Å². The Labute approximate surface area is 216 Å². The molecule has 7 heteroatoms. The molecule has 0 radical (unpaired) electrons. The molecule has 2 N–H and O–H groups in total. The molecule has 0 bridgehead atoms. The molecule has 1 aliphatic rings. The average molecular weight is 505 g/mol. The van der Waals surface area contributed by atoms with Gasteiger partial charge in [-0.25, -0.2) is 0 Å². The monoisotopic (exact) mass is 504 g/mol. The zero-order valence-corrected chi connectivity index (χ0v) is 21.9. The fourth-order valence-corrected chi connectivity index (χ4v) is 6.05. The second-order valence-corrected chi connectivity index (χ2v) is 10.8. The van der Waals surface area contributed by atoms with Crippen molar-refractivity contribution >= 4 is 29.1 Å². The summed E-state index contributed by atoms with van der Waals surface area (Å²) in [7, 11) is 0. The predicted octanol–water partition coefficient (Wildman–Crippen LogP) is 5.73. The molecule has 3 aromatic rings. The lowest BCUT2D eigenvalue weighted by Gasteiger charge is -2.30. The summed E-state index contributed by atoms with van der Waals surface area (Å²) in [5, 5.41) is 14.5. The topological polar surface area (TPSA) is 86.7 Å². The lowest BCUT2D eigenvalue weighted by atomic mass is 9.98. The second-order valence-electron chi connectivity index (χ2n) is 9.91. The summed E-state index contributed by atoms with van der Waals surface area (Å²) in [5.41, 5.74) is 5.71. The van der Waals surface area contributed by atoms with Crippen LogP contribution in [0, 0.1) is 19.8 Å². The number of aliphatic carboxylic acids is 1. The summed E-state index contributed by atoms with van der Waals surface area (Å²) in [6, 6.07) is 14.1. The van der Waals surface area contributed by atoms with Crippen LogP contribution in [0.2, 0.25) is 0 Å². The van der Waals surface area contributed by atoms with E-state index in [0.29, 0.717) is 18.5 Å². The van der Waals surface area contributed by atoms with Crippen molar-refractivity contribution < 1.29 is 19.5 Å². The lowest BCUT2D eigenvalue weighted by Crippen LogP contribution is -2.48. The van der Waals surface area contributed by atoms with Crippen molar-refractivity contribution in [1.29, 1.82) is 0 Å². The molecule has 0 saturated carbocycles. The molecule has 36 heavy (non-hydrogen) atoms. The third-order valence-electron chi connectivity index (χ3n) is 6.67. The average Bonchev–Trinajstić information content (AvgIpc) is 3.42. The Morgan fingerprint density at radius 3 is 2.42 bits per heavy atom. The van der Waals surface area contributed by atoms with Crippen LogP contribution in [-0.4, -0.2) is 33.8 Å². The maximum absolute atomic E-state index is 13.6. The maximum Gasteiger partial charge on any atom is 0.305 e. The Hall–Kier alpha value is -3.45. The third-order valence-corrected chi connectivity index (χ3v) is 7.63. The van der Waals surface area contributed by atoms with E-state index < -0.39 is 18.1 Å². The lowest BCUT2D eigenvalue weighted by molar-refractivity contribution is -0.138. The quantitative estimate of drug-likeness (QED) is 0.389. The number of nitrogens with one attached hydrogen (secondary N) is 1. The number of thiophene rings is 1. The number of hydrogen-bond donors (Lipinski definition) is 2. The fraction of sp³-hybridized carbons (Fsp3) is 0.345. The van der Waals surface area contributed by atoms with E-state index in [-0.39, 0.29) is 24.2 Å². The number of hydrogen-bond acceptors (Lipinski definition) is 4. The van der Waals surface area contributed by atoms with Crippen LogP contribution in [0.15, 0.2) is 53.9 Å². The Balaban J connectivity index is 1.61. The third kappa shape index (κ3) is 5.36. The number of carbonyl (C=O) groups is 3. The van der Waals surface area contributed by atoms with Gasteiger partial charge < -0.3 is 15.3 Å². The minimum Gasteiger partial charge on any atom is -0.481 e. The van der Waals surface area contributed by atoms with E-state index in [1.165, 1.54) is 0 Å². The van der Waals surface area contributed by atoms with Crippen molar-refractivity contribution in [1.82, 2.24) is 10.2 Å². The summed E-state index contributed by atoms with van der Waals surface area (Å²) in [4.78, 5) is 41.1. The van der Waals surface area contributed by atoms with Gasteiger partial charge in [-0.15, -0.1) is 11.3 Å². The minimum absolute atomic E-state index is 0.158. The smallest absolute Gasteiger partial charge is 0.305 e. The zero-order chi connectivity index (χ0) is 26.0. The van der Waals surface area contributed by atoms with Crippen LogP contribution in [0.25, 0.3) is 10.4 Å². The summed E-state index contributed by atoms with van der Waals surface area (Å²) in [6.45, 7) is 8.51. The van der Waals surface area contributed by atoms with Crippen molar-refractivity contribution in [3.8, 4) is 10.4 Å². The fourth-order valence-electron chi connectivity index (χ4n) is 4.91. The van der Waals surface area contributed by atoms with Crippen LogP contribution in [0.1, 0.15) is 65.3 Å². The van der Waals surface area contributed by atoms with E-state index in [1.807, 2.05) is 49.6 Å². The van der Waals surface area contributed by atoms with Gasteiger partial charge in [-0.1, -0.05) is 50.2 Å². The van der Waals surface area contributed by atoms with Gasteiger partial charge in [0.25, 0.3) is 5.91 Å². The van der Waals surface area contributed by atoms with E-state index in [4.69, 9.17) is 0 Å². The first-order chi connectivity index (χ1) is 17.2. The van der Waals surface area contributed by atoms with Crippen LogP contribution in [0.4, 0.5) is 0 Å². The molecule has 0 unspecified atom stereocenters. The summed E-state index contributed by atoms with van der Waals surface area (Å²) >= 11 is 1.54. The van der Waals surface area contributed by atoms with Crippen LogP contribution in [0.3, 0.4) is 0 Å². The number of aryl methyl sites for hydroxylation is 2. The molecule has 2 aromatic carbocycles. The molecular formula is C29H32N2O4S. The van der Waals surface area contributed by atoms with Gasteiger partial charge in [-0.2, -0.15) is 0 Å². The van der Waals surface area contributed by atoms with Crippen LogP contribution in [0.5, 0.6) is 0 Å². The summed E-state index contributed by atoms with van der Waals surface area (Å²) in [6.07, 6.45) is 0.250. The van der Waals surface area contributed by atoms with Crippen molar-refractivity contribution in [3.63, 3.8) is 0 Å². The standard InChI is InChI=1S/C29H32N2O4S/c1-17(2)12-24(31-15-20-10-5-6-11-22(20)29(31)35)28(34)30-23(14-26(32)33)21-13-25(36-16-21)27-18(3)8-7-9-19(27)4/h5-11,13,16-17,23-24H,12,14-15H2,1-4H3,(H,30,34)(H,32,33)/t23-,24+/m1/s1. The highest BCUT2D eigenvalue weighted by molar-refractivity contribution is 7.13. The largest absolute Gasteiger partial charge is 0.481 e. The molecule has 188 valence electrons. The van der Waals surface area contributed by atoms with Gasteiger partial charge >= 0.3 is 5.97 Å². The van der Waals surface area contributed by atoms with E-state index in [9.17, 15) is 19.5 Å². The molecule has 0 fully saturated rings. The maximum atomic E-state index is 13.6. The van der Waals surface area contributed by atoms with Crippen molar-refractivity contribution in [3.05, 3.63) is 81.7 Å². The highest BCUT2D eigenvalue weighted by Gasteiger charge is 2.37. The molecular weight excluding hydrogens is 472 g/mol. The number of nitrogens with zero attached hydrogens (tertiary/aromatic N) is 1. The van der Waals surface area contributed by atoms with Crippen molar-refractivity contribution in [2.75, 3.05) is 0 Å². The molecule has 0 saturated heterocycles. The number of carboxylic acid groups (broad SMARTS) is 1. The molecule has 4 rings (SSSR count). The first-order valence-electron chi connectivity index (χ1n) is 12.2. The Kier molecular flexibility index (Phi) is 7.59. The molecule has 0 aliphatic carbocycles. The number of rotatable bonds is 9. The first kappa shape index (κ1) is 25.6. The summed E-state index contributed by atoms with van der Waals surface area (Å²) in [5.74, 6) is -1.30. The van der Waals surface area contributed by atoms with Gasteiger partial charge in [0.1, 0.15) is 6.04 Å². The van der Waals surface area contributed by atoms with Crippen LogP contribution >= 0.6 is 11.3 Å². The predicted molar refractivity (Wildman–Crippen MR) is 142 cm³/mol. The van der Waals surface area contributed by atoms with E-state index in [1.54, 1.807) is 22.3 Å². The van der Waals surface area contributed by atoms with Crippen molar-refractivity contribution in [2.24, 2.45) is 5.92 Å². The van der Waals surface area contributed by atoms with Gasteiger partial charge in [-0.05, 0) is 71.5 Å². The molecule has 1 aromatic heterocycles. The van der Waals surface area contributed by atoms with Gasteiger partial charge in [0, 0.05) is 17.0 Å². The SMILES string of the molecule is Cc1cccc(C)c1-c1cc([C@@H](CC(=O)O)NC(=O)[C@H](CC(C)C)N2Cc3ccccc3C2=O)cs1. The molecule has 6 nitrogen and oxygen atoms in total. The number of benzene rings is 2. The van der Waals surface area contributed by atoms with Crippen LogP contribution < -0.4 is 5.32 Å². The Morgan fingerprint density at radius 2 is 1.78 bits per heavy atom. The number of fused-ring (bicyclic) bond motifs is 1. The molecule has 0 spiro atoms.